The van der Waals surface area contributed by atoms with E-state index in [1.54, 1.807) is 54.6 Å². The average molecular weight is 391 g/mol. The van der Waals surface area contributed by atoms with Crippen molar-refractivity contribution in [2.75, 3.05) is 13.2 Å². The van der Waals surface area contributed by atoms with Crippen molar-refractivity contribution in [3.05, 3.63) is 84.7 Å². The third kappa shape index (κ3) is 7.94. The molecular formula is C24H25NO4. The van der Waals surface area contributed by atoms with Gasteiger partial charge in [0.25, 0.3) is 0 Å². The molecule has 5 heteroatoms. The summed E-state index contributed by atoms with van der Waals surface area (Å²) in [7, 11) is 0. The van der Waals surface area contributed by atoms with Crippen molar-refractivity contribution in [1.29, 1.82) is 5.26 Å². The summed E-state index contributed by atoms with van der Waals surface area (Å²) < 4.78 is 16.4. The minimum absolute atomic E-state index is 0.392. The molecular weight excluding hydrogens is 366 g/mol. The molecule has 0 aliphatic rings. The maximum Gasteiger partial charge on any atom is 0.343 e. The number of hydrogen-bond donors (Lipinski definition) is 0. The van der Waals surface area contributed by atoms with Crippen LogP contribution in [0.15, 0.2) is 73.5 Å². The van der Waals surface area contributed by atoms with Gasteiger partial charge in [-0.25, -0.2) is 4.79 Å². The topological polar surface area (TPSA) is 68.6 Å². The number of carbonyl (C=O) groups is 1. The first-order valence-electron chi connectivity index (χ1n) is 9.51. The molecule has 0 heterocycles. The summed E-state index contributed by atoms with van der Waals surface area (Å²) in [5.41, 5.74) is 0.888. The van der Waals surface area contributed by atoms with Crippen LogP contribution in [0.2, 0.25) is 0 Å². The number of hydrogen-bond acceptors (Lipinski definition) is 5. The Morgan fingerprint density at radius 1 is 0.931 bits per heavy atom. The van der Waals surface area contributed by atoms with E-state index in [1.165, 1.54) is 0 Å². The predicted octanol–water partition coefficient (Wildman–Crippen LogP) is 5.43. The van der Waals surface area contributed by atoms with Gasteiger partial charge in [-0.1, -0.05) is 13.2 Å². The molecule has 0 bridgehead atoms. The maximum atomic E-state index is 12.1. The van der Waals surface area contributed by atoms with Crippen molar-refractivity contribution < 1.29 is 19.0 Å². The fourth-order valence-corrected chi connectivity index (χ4v) is 2.46. The highest BCUT2D eigenvalue weighted by atomic mass is 16.5. The molecule has 0 saturated heterocycles. The molecule has 5 nitrogen and oxygen atoms in total. The van der Waals surface area contributed by atoms with Gasteiger partial charge in [-0.2, -0.15) is 5.26 Å². The van der Waals surface area contributed by atoms with E-state index in [1.807, 2.05) is 6.07 Å². The third-order valence-electron chi connectivity index (χ3n) is 4.11. The van der Waals surface area contributed by atoms with Gasteiger partial charge < -0.3 is 14.2 Å². The molecule has 0 aliphatic heterocycles. The lowest BCUT2D eigenvalue weighted by Gasteiger charge is -2.08. The Bertz CT molecular complexity index is 848. The van der Waals surface area contributed by atoms with Crippen LogP contribution in [0.3, 0.4) is 0 Å². The highest BCUT2D eigenvalue weighted by Crippen LogP contribution is 2.19. The van der Waals surface area contributed by atoms with Crippen molar-refractivity contribution in [1.82, 2.24) is 0 Å². The van der Waals surface area contributed by atoms with Crippen LogP contribution in [0.5, 0.6) is 11.5 Å². The lowest BCUT2D eigenvalue weighted by Crippen LogP contribution is -2.08. The zero-order valence-electron chi connectivity index (χ0n) is 16.4. The van der Waals surface area contributed by atoms with Gasteiger partial charge in [0.15, 0.2) is 0 Å². The number of nitriles is 1. The van der Waals surface area contributed by atoms with Crippen molar-refractivity contribution in [3.8, 4) is 17.6 Å². The lowest BCUT2D eigenvalue weighted by molar-refractivity contribution is 0.0734. The number of rotatable bonds is 12. The standard InChI is InChI=1S/C24H25NO4/c1-3-19(2)27-16-6-4-5-7-17-28-22-12-14-23(15-13-22)29-24(26)21-10-8-20(18-25)9-11-21/h3,8-15H,1-2,4-7,16-17H2. The largest absolute Gasteiger partial charge is 0.494 e. The highest BCUT2D eigenvalue weighted by molar-refractivity contribution is 5.91. The summed E-state index contributed by atoms with van der Waals surface area (Å²) in [6.45, 7) is 8.58. The number of nitrogens with zero attached hydrogens (tertiary/aromatic N) is 1. The van der Waals surface area contributed by atoms with Gasteiger partial charge in [-0.05, 0) is 80.3 Å². The van der Waals surface area contributed by atoms with Gasteiger partial charge in [-0.3, -0.25) is 0 Å². The summed E-state index contributed by atoms with van der Waals surface area (Å²) in [5.74, 6) is 1.31. The van der Waals surface area contributed by atoms with Gasteiger partial charge in [0, 0.05) is 0 Å². The minimum atomic E-state index is -0.469. The van der Waals surface area contributed by atoms with Crippen LogP contribution in [0.1, 0.15) is 41.6 Å². The van der Waals surface area contributed by atoms with Gasteiger partial charge >= 0.3 is 5.97 Å². The van der Waals surface area contributed by atoms with E-state index in [2.05, 4.69) is 13.2 Å². The van der Waals surface area contributed by atoms with Crippen molar-refractivity contribution in [3.63, 3.8) is 0 Å². The average Bonchev–Trinajstić information content (AvgIpc) is 2.76. The second kappa shape index (κ2) is 12.0. The third-order valence-corrected chi connectivity index (χ3v) is 4.11. The zero-order chi connectivity index (χ0) is 20.9. The van der Waals surface area contributed by atoms with Crippen molar-refractivity contribution in [2.24, 2.45) is 0 Å². The first-order valence-corrected chi connectivity index (χ1v) is 9.51. The molecule has 0 radical (unpaired) electrons. The van der Waals surface area contributed by atoms with E-state index >= 15 is 0 Å². The lowest BCUT2D eigenvalue weighted by atomic mass is 10.1. The van der Waals surface area contributed by atoms with Gasteiger partial charge in [0.1, 0.15) is 17.3 Å². The Kier molecular flexibility index (Phi) is 9.04. The van der Waals surface area contributed by atoms with Crippen molar-refractivity contribution >= 4 is 5.97 Å². The van der Waals surface area contributed by atoms with Crippen LogP contribution < -0.4 is 9.47 Å². The van der Waals surface area contributed by atoms with E-state index in [9.17, 15) is 4.79 Å². The quantitative estimate of drug-likeness (QED) is 0.159. The zero-order valence-corrected chi connectivity index (χ0v) is 16.4. The molecule has 0 aromatic heterocycles. The maximum absolute atomic E-state index is 12.1. The first-order chi connectivity index (χ1) is 14.1. The highest BCUT2D eigenvalue weighted by Gasteiger charge is 2.08. The van der Waals surface area contributed by atoms with Crippen LogP contribution in [-0.4, -0.2) is 19.2 Å². The summed E-state index contributed by atoms with van der Waals surface area (Å²) in [4.78, 5) is 12.1. The summed E-state index contributed by atoms with van der Waals surface area (Å²) in [6, 6.07) is 15.3. The smallest absolute Gasteiger partial charge is 0.343 e. The summed E-state index contributed by atoms with van der Waals surface area (Å²) in [6.07, 6.45) is 5.67. The van der Waals surface area contributed by atoms with Crippen LogP contribution >= 0.6 is 0 Å². The molecule has 2 aromatic carbocycles. The predicted molar refractivity (Wildman–Crippen MR) is 112 cm³/mol. The number of unbranched alkanes of at least 4 members (excludes halogenated alkanes) is 3. The Labute approximate surface area is 171 Å². The Hall–Kier alpha value is -3.52. The van der Waals surface area contributed by atoms with E-state index in [0.29, 0.717) is 35.8 Å². The summed E-state index contributed by atoms with van der Waals surface area (Å²) >= 11 is 0. The Balaban J connectivity index is 1.65. The molecule has 0 fully saturated rings. The van der Waals surface area contributed by atoms with Crippen molar-refractivity contribution in [2.45, 2.75) is 25.7 Å². The van der Waals surface area contributed by atoms with E-state index in [4.69, 9.17) is 19.5 Å². The van der Waals surface area contributed by atoms with Crippen LogP contribution in [0, 0.1) is 11.3 Å². The number of carbonyl (C=O) groups excluding carboxylic acids is 1. The molecule has 0 spiro atoms. The molecule has 2 rings (SSSR count). The monoisotopic (exact) mass is 391 g/mol. The summed E-state index contributed by atoms with van der Waals surface area (Å²) in [5, 5.41) is 8.79. The Morgan fingerprint density at radius 2 is 1.55 bits per heavy atom. The van der Waals surface area contributed by atoms with Crippen LogP contribution in [-0.2, 0) is 4.74 Å². The second-order valence-electron chi connectivity index (χ2n) is 6.33. The molecule has 0 aliphatic carbocycles. The van der Waals surface area contributed by atoms with E-state index in [-0.39, 0.29) is 0 Å². The molecule has 0 unspecified atom stereocenters. The fraction of sp³-hybridized carbons (Fsp3) is 0.250. The fourth-order valence-electron chi connectivity index (χ4n) is 2.46. The number of esters is 1. The second-order valence-corrected chi connectivity index (χ2v) is 6.33. The molecule has 150 valence electrons. The van der Waals surface area contributed by atoms with Crippen LogP contribution in [0.25, 0.3) is 0 Å². The molecule has 0 atom stereocenters. The SMILES string of the molecule is C=CC(=C)OCCCCCCOc1ccc(OC(=O)c2ccc(C#N)cc2)cc1. The molecule has 29 heavy (non-hydrogen) atoms. The Morgan fingerprint density at radius 3 is 2.17 bits per heavy atom. The molecule has 2 aromatic rings. The first kappa shape index (κ1) is 21.8. The molecule has 0 N–H and O–H groups in total. The van der Waals surface area contributed by atoms with E-state index in [0.717, 1.165) is 31.4 Å². The van der Waals surface area contributed by atoms with Gasteiger partial charge in [-0.15, -0.1) is 0 Å². The number of benzene rings is 2. The molecule has 0 amide bonds. The van der Waals surface area contributed by atoms with Crippen LogP contribution in [0.4, 0.5) is 0 Å². The number of ether oxygens (including phenoxy) is 3. The van der Waals surface area contributed by atoms with Gasteiger partial charge in [0.05, 0.1) is 30.4 Å². The van der Waals surface area contributed by atoms with E-state index < -0.39 is 5.97 Å². The van der Waals surface area contributed by atoms with Gasteiger partial charge in [0.2, 0.25) is 0 Å². The molecule has 0 saturated carbocycles. The minimum Gasteiger partial charge on any atom is -0.494 e. The normalized spacial score (nSPS) is 9.90. The number of allylic oxidation sites excluding steroid dienone is 1.